The Labute approximate surface area is 171 Å². The van der Waals surface area contributed by atoms with Crippen molar-refractivity contribution in [2.75, 3.05) is 25.5 Å². The molecule has 0 amide bonds. The van der Waals surface area contributed by atoms with Gasteiger partial charge in [-0.1, -0.05) is 0 Å². The van der Waals surface area contributed by atoms with Crippen LogP contribution < -0.4 is 10.1 Å². The predicted molar refractivity (Wildman–Crippen MR) is 105 cm³/mol. The molecule has 1 fully saturated rings. The number of rotatable bonds is 6. The van der Waals surface area contributed by atoms with E-state index in [0.717, 1.165) is 0 Å². The Bertz CT molecular complexity index is 1080. The lowest BCUT2D eigenvalue weighted by atomic mass is 10.1. The van der Waals surface area contributed by atoms with Gasteiger partial charge in [0.15, 0.2) is 11.5 Å². The van der Waals surface area contributed by atoms with E-state index in [1.54, 1.807) is 12.3 Å². The first kappa shape index (κ1) is 19.7. The number of hydrogen-bond donors (Lipinski definition) is 1. The zero-order chi connectivity index (χ0) is 21.1. The number of ether oxygens (including phenoxy) is 1. The van der Waals surface area contributed by atoms with E-state index in [1.807, 2.05) is 11.0 Å². The fourth-order valence-electron chi connectivity index (χ4n) is 3.40. The van der Waals surface area contributed by atoms with Gasteiger partial charge in [0.1, 0.15) is 41.6 Å². The van der Waals surface area contributed by atoms with Crippen LogP contribution in [0.15, 0.2) is 37.1 Å². The van der Waals surface area contributed by atoms with Crippen molar-refractivity contribution in [3.05, 3.63) is 54.1 Å². The molecule has 30 heavy (non-hydrogen) atoms. The molecule has 154 valence electrons. The van der Waals surface area contributed by atoms with E-state index in [1.165, 1.54) is 36.5 Å². The van der Waals surface area contributed by atoms with Gasteiger partial charge < -0.3 is 10.1 Å². The van der Waals surface area contributed by atoms with E-state index in [9.17, 15) is 8.78 Å². The molecule has 8 nitrogen and oxygen atoms in total. The number of halogens is 2. The highest BCUT2D eigenvalue weighted by atomic mass is 19.1. The molecule has 3 heterocycles. The molecular formula is C20H19F2N7O. The number of likely N-dealkylation sites (tertiary alicyclic amines) is 1. The van der Waals surface area contributed by atoms with Gasteiger partial charge in [0, 0.05) is 19.6 Å². The minimum atomic E-state index is -0.825. The van der Waals surface area contributed by atoms with E-state index < -0.39 is 12.0 Å². The Morgan fingerprint density at radius 3 is 2.80 bits per heavy atom. The average molecular weight is 411 g/mol. The number of anilines is 2. The number of nitrogens with zero attached hydrogens (tertiary/aromatic N) is 6. The van der Waals surface area contributed by atoms with E-state index in [-0.39, 0.29) is 11.4 Å². The first-order valence-electron chi connectivity index (χ1n) is 9.32. The van der Waals surface area contributed by atoms with Gasteiger partial charge >= 0.3 is 0 Å². The maximum Gasteiger partial charge on any atom is 0.158 e. The van der Waals surface area contributed by atoms with Gasteiger partial charge in [-0.3, -0.25) is 9.47 Å². The molecular weight excluding hydrogens is 392 g/mol. The van der Waals surface area contributed by atoms with Crippen molar-refractivity contribution in [3.63, 3.8) is 0 Å². The lowest BCUT2D eigenvalue weighted by Crippen LogP contribution is -2.20. The van der Waals surface area contributed by atoms with E-state index in [4.69, 9.17) is 10.00 Å². The van der Waals surface area contributed by atoms with E-state index in [0.29, 0.717) is 49.0 Å². The summed E-state index contributed by atoms with van der Waals surface area (Å²) in [5.74, 6) is 0.704. The monoisotopic (exact) mass is 411 g/mol. The molecule has 1 aliphatic rings. The topological polar surface area (TPSA) is 91.9 Å². The molecule has 1 N–H and O–H groups in total. The number of hydrogen-bond acceptors (Lipinski definition) is 7. The summed E-state index contributed by atoms with van der Waals surface area (Å²) in [4.78, 5) is 14.2. The number of nitriles is 1. The van der Waals surface area contributed by atoms with Crippen LogP contribution in [0.3, 0.4) is 0 Å². The van der Waals surface area contributed by atoms with Gasteiger partial charge in [-0.2, -0.15) is 5.26 Å². The molecule has 0 spiro atoms. The average Bonchev–Trinajstić information content (AvgIpc) is 3.36. The zero-order valence-corrected chi connectivity index (χ0v) is 16.2. The molecule has 4 rings (SSSR count). The van der Waals surface area contributed by atoms with Gasteiger partial charge in [0.2, 0.25) is 0 Å². The number of imidazole rings is 1. The predicted octanol–water partition coefficient (Wildman–Crippen LogP) is 2.97. The molecule has 1 atom stereocenters. The number of alkyl halides is 1. The zero-order valence-electron chi connectivity index (χ0n) is 16.2. The second-order valence-corrected chi connectivity index (χ2v) is 6.94. The Balaban J connectivity index is 1.55. The van der Waals surface area contributed by atoms with Crippen LogP contribution in [0.25, 0.3) is 5.69 Å². The van der Waals surface area contributed by atoms with Gasteiger partial charge in [-0.15, -0.1) is 0 Å². The third-order valence-corrected chi connectivity index (χ3v) is 4.79. The molecule has 3 aromatic rings. The highest BCUT2D eigenvalue weighted by Crippen LogP contribution is 2.30. The van der Waals surface area contributed by atoms with Crippen molar-refractivity contribution in [3.8, 4) is 17.5 Å². The van der Waals surface area contributed by atoms with Crippen LogP contribution >= 0.6 is 0 Å². The standard InChI is InChI=1S/C20H19F2N7O/c1-30-17-5-13(9-28-3-2-14(21)10-28)4-16(22)20(17)29-11-19(26-12-29)27-18-8-24-15(6-23)7-25-18/h4-5,7-8,11-12,14H,2-3,9-10H2,1H3,(H,25,27)/t14-/m1/s1. The largest absolute Gasteiger partial charge is 0.494 e. The summed E-state index contributed by atoms with van der Waals surface area (Å²) in [6.45, 7) is 1.48. The minimum Gasteiger partial charge on any atom is -0.494 e. The van der Waals surface area contributed by atoms with Gasteiger partial charge in [0.05, 0.1) is 25.7 Å². The van der Waals surface area contributed by atoms with Crippen molar-refractivity contribution in [2.45, 2.75) is 19.1 Å². The lowest BCUT2D eigenvalue weighted by Gasteiger charge is -2.17. The molecule has 0 radical (unpaired) electrons. The summed E-state index contributed by atoms with van der Waals surface area (Å²) < 4.78 is 35.3. The Morgan fingerprint density at radius 2 is 2.13 bits per heavy atom. The summed E-state index contributed by atoms with van der Waals surface area (Å²) >= 11 is 0. The minimum absolute atomic E-state index is 0.203. The number of benzene rings is 1. The number of nitrogens with one attached hydrogen (secondary N) is 1. The van der Waals surface area contributed by atoms with Gasteiger partial charge in [-0.25, -0.2) is 23.7 Å². The molecule has 0 unspecified atom stereocenters. The Morgan fingerprint density at radius 1 is 1.27 bits per heavy atom. The fraction of sp³-hybridized carbons (Fsp3) is 0.300. The molecule has 1 saturated heterocycles. The van der Waals surface area contributed by atoms with Crippen LogP contribution in [0, 0.1) is 17.1 Å². The second-order valence-electron chi connectivity index (χ2n) is 6.94. The molecule has 0 aliphatic carbocycles. The van der Waals surface area contributed by atoms with Gasteiger partial charge in [0.25, 0.3) is 0 Å². The number of aromatic nitrogens is 4. The Kier molecular flexibility index (Phi) is 5.54. The normalized spacial score (nSPS) is 16.4. The second kappa shape index (κ2) is 8.42. The van der Waals surface area contributed by atoms with Crippen molar-refractivity contribution in [1.82, 2.24) is 24.4 Å². The number of methoxy groups -OCH3 is 1. The SMILES string of the molecule is COc1cc(CN2CC[C@@H](F)C2)cc(F)c1-n1cnc(Nc2cnc(C#N)cn2)c1. The maximum atomic E-state index is 15.0. The summed E-state index contributed by atoms with van der Waals surface area (Å²) in [6.07, 6.45) is 5.48. The van der Waals surface area contributed by atoms with Crippen LogP contribution in [0.2, 0.25) is 0 Å². The highest BCUT2D eigenvalue weighted by Gasteiger charge is 2.23. The van der Waals surface area contributed by atoms with Crippen LogP contribution in [-0.4, -0.2) is 50.8 Å². The molecule has 0 saturated carbocycles. The highest BCUT2D eigenvalue weighted by molar-refractivity contribution is 5.54. The van der Waals surface area contributed by atoms with Crippen molar-refractivity contribution in [2.24, 2.45) is 0 Å². The van der Waals surface area contributed by atoms with Crippen molar-refractivity contribution in [1.29, 1.82) is 5.26 Å². The first-order chi connectivity index (χ1) is 14.6. The summed E-state index contributed by atoms with van der Waals surface area (Å²) in [7, 11) is 1.47. The third kappa shape index (κ3) is 4.21. The Hall–Kier alpha value is -3.58. The maximum absolute atomic E-state index is 15.0. The van der Waals surface area contributed by atoms with Crippen molar-refractivity contribution < 1.29 is 13.5 Å². The molecule has 2 aromatic heterocycles. The summed E-state index contributed by atoms with van der Waals surface area (Å²) in [5, 5.41) is 11.7. The third-order valence-electron chi connectivity index (χ3n) is 4.79. The first-order valence-corrected chi connectivity index (χ1v) is 9.32. The molecule has 1 aliphatic heterocycles. The van der Waals surface area contributed by atoms with Crippen LogP contribution in [-0.2, 0) is 6.54 Å². The molecule has 1 aromatic carbocycles. The summed E-state index contributed by atoms with van der Waals surface area (Å²) in [5.41, 5.74) is 1.14. The van der Waals surface area contributed by atoms with Gasteiger partial charge in [-0.05, 0) is 24.1 Å². The lowest BCUT2D eigenvalue weighted by molar-refractivity contribution is 0.282. The van der Waals surface area contributed by atoms with Crippen LogP contribution in [0.4, 0.5) is 20.4 Å². The van der Waals surface area contributed by atoms with Crippen LogP contribution in [0.5, 0.6) is 5.75 Å². The quantitative estimate of drug-likeness (QED) is 0.667. The van der Waals surface area contributed by atoms with Crippen LogP contribution in [0.1, 0.15) is 17.7 Å². The van der Waals surface area contributed by atoms with E-state index in [2.05, 4.69) is 20.3 Å². The smallest absolute Gasteiger partial charge is 0.158 e. The molecule has 10 heteroatoms. The van der Waals surface area contributed by atoms with E-state index >= 15 is 0 Å². The van der Waals surface area contributed by atoms with Crippen molar-refractivity contribution >= 4 is 11.6 Å². The summed E-state index contributed by atoms with van der Waals surface area (Å²) in [6, 6.07) is 5.08. The molecule has 0 bridgehead atoms. The fourth-order valence-corrected chi connectivity index (χ4v) is 3.40.